The van der Waals surface area contributed by atoms with Gasteiger partial charge in [0.25, 0.3) is 11.8 Å². The number of nitrogens with one attached hydrogen (secondary N) is 2. The summed E-state index contributed by atoms with van der Waals surface area (Å²) < 4.78 is 19.4. The van der Waals surface area contributed by atoms with Crippen molar-refractivity contribution in [3.05, 3.63) is 82.2 Å². The number of rotatable bonds is 5. The third-order valence-electron chi connectivity index (χ3n) is 3.76. The smallest absolute Gasteiger partial charge is 0.259 e. The standard InChI is InChI=1S/C20H15BrFN3O3/c1-28-17-7-6-14(22)10-16(17)20(27)24-15-4-2-3-12(9-15)19(26)25-18-8-5-13(21)11-23-18/h2-11H,1H3,(H,24,27)(H,23,25,26). The lowest BCUT2D eigenvalue weighted by Crippen LogP contribution is -2.16. The van der Waals surface area contributed by atoms with Crippen molar-refractivity contribution in [2.75, 3.05) is 17.7 Å². The van der Waals surface area contributed by atoms with Crippen molar-refractivity contribution in [3.8, 4) is 5.75 Å². The number of aromatic nitrogens is 1. The summed E-state index contributed by atoms with van der Waals surface area (Å²) in [4.78, 5) is 29.0. The lowest BCUT2D eigenvalue weighted by atomic mass is 10.1. The second kappa shape index (κ2) is 8.62. The van der Waals surface area contributed by atoms with E-state index in [9.17, 15) is 14.0 Å². The van der Waals surface area contributed by atoms with Gasteiger partial charge in [0.2, 0.25) is 0 Å². The molecule has 2 aromatic carbocycles. The topological polar surface area (TPSA) is 80.3 Å². The normalized spacial score (nSPS) is 10.2. The molecule has 6 nitrogen and oxygen atoms in total. The molecule has 2 amide bonds. The molecule has 0 aliphatic carbocycles. The number of anilines is 2. The summed E-state index contributed by atoms with van der Waals surface area (Å²) in [5.41, 5.74) is 0.762. The summed E-state index contributed by atoms with van der Waals surface area (Å²) in [6.45, 7) is 0. The maximum atomic E-state index is 13.5. The molecule has 1 heterocycles. The fourth-order valence-electron chi connectivity index (χ4n) is 2.43. The van der Waals surface area contributed by atoms with Crippen molar-refractivity contribution in [3.63, 3.8) is 0 Å². The minimum absolute atomic E-state index is 0.0522. The van der Waals surface area contributed by atoms with E-state index < -0.39 is 11.7 Å². The lowest BCUT2D eigenvalue weighted by Gasteiger charge is -2.10. The van der Waals surface area contributed by atoms with Crippen LogP contribution < -0.4 is 15.4 Å². The number of carbonyl (C=O) groups excluding carboxylic acids is 2. The predicted molar refractivity (Wildman–Crippen MR) is 107 cm³/mol. The van der Waals surface area contributed by atoms with Crippen LogP contribution in [-0.2, 0) is 0 Å². The van der Waals surface area contributed by atoms with Crippen LogP contribution in [0.1, 0.15) is 20.7 Å². The highest BCUT2D eigenvalue weighted by molar-refractivity contribution is 9.10. The van der Waals surface area contributed by atoms with Crippen molar-refractivity contribution < 1.29 is 18.7 Å². The van der Waals surface area contributed by atoms with Crippen LogP contribution in [0.4, 0.5) is 15.9 Å². The number of ether oxygens (including phenoxy) is 1. The molecule has 0 unspecified atom stereocenters. The van der Waals surface area contributed by atoms with Crippen LogP contribution in [-0.4, -0.2) is 23.9 Å². The van der Waals surface area contributed by atoms with E-state index in [1.165, 1.54) is 25.3 Å². The van der Waals surface area contributed by atoms with Gasteiger partial charge in [-0.05, 0) is 64.5 Å². The first-order valence-corrected chi connectivity index (χ1v) is 8.93. The van der Waals surface area contributed by atoms with Gasteiger partial charge >= 0.3 is 0 Å². The Kier molecular flexibility index (Phi) is 6.00. The van der Waals surface area contributed by atoms with E-state index >= 15 is 0 Å². The molecule has 8 heteroatoms. The molecule has 142 valence electrons. The van der Waals surface area contributed by atoms with Gasteiger partial charge in [-0.25, -0.2) is 9.37 Å². The van der Waals surface area contributed by atoms with E-state index in [0.29, 0.717) is 17.1 Å². The zero-order valence-corrected chi connectivity index (χ0v) is 16.3. The van der Waals surface area contributed by atoms with E-state index in [1.54, 1.807) is 36.5 Å². The van der Waals surface area contributed by atoms with Gasteiger partial charge in [0, 0.05) is 21.9 Å². The molecule has 2 N–H and O–H groups in total. The van der Waals surface area contributed by atoms with Gasteiger partial charge in [0.1, 0.15) is 17.4 Å². The Hall–Kier alpha value is -3.26. The van der Waals surface area contributed by atoms with Crippen LogP contribution >= 0.6 is 15.9 Å². The van der Waals surface area contributed by atoms with Crippen LogP contribution in [0.15, 0.2) is 65.3 Å². The molecule has 0 radical (unpaired) electrons. The molecule has 28 heavy (non-hydrogen) atoms. The average molecular weight is 444 g/mol. The van der Waals surface area contributed by atoms with E-state index in [4.69, 9.17) is 4.74 Å². The number of amides is 2. The minimum atomic E-state index is -0.555. The average Bonchev–Trinajstić information content (AvgIpc) is 2.70. The Morgan fingerprint density at radius 3 is 2.57 bits per heavy atom. The number of hydrogen-bond acceptors (Lipinski definition) is 4. The molecule has 1 aromatic heterocycles. The SMILES string of the molecule is COc1ccc(F)cc1C(=O)Nc1cccc(C(=O)Nc2ccc(Br)cn2)c1. The molecule has 0 spiro atoms. The van der Waals surface area contributed by atoms with Gasteiger partial charge in [-0.15, -0.1) is 0 Å². The molecule has 0 aliphatic rings. The van der Waals surface area contributed by atoms with Crippen molar-refractivity contribution in [2.24, 2.45) is 0 Å². The van der Waals surface area contributed by atoms with Crippen molar-refractivity contribution in [1.29, 1.82) is 0 Å². The number of nitrogens with zero attached hydrogens (tertiary/aromatic N) is 1. The van der Waals surface area contributed by atoms with Crippen LogP contribution in [0.3, 0.4) is 0 Å². The predicted octanol–water partition coefficient (Wildman–Crippen LogP) is 4.50. The van der Waals surface area contributed by atoms with Gasteiger partial charge in [0.05, 0.1) is 12.7 Å². The van der Waals surface area contributed by atoms with Gasteiger partial charge in [-0.3, -0.25) is 9.59 Å². The molecular formula is C20H15BrFN3O3. The van der Waals surface area contributed by atoms with Crippen molar-refractivity contribution in [2.45, 2.75) is 0 Å². The highest BCUT2D eigenvalue weighted by Gasteiger charge is 2.15. The van der Waals surface area contributed by atoms with E-state index in [0.717, 1.165) is 10.5 Å². The highest BCUT2D eigenvalue weighted by Crippen LogP contribution is 2.21. The van der Waals surface area contributed by atoms with Crippen molar-refractivity contribution >= 4 is 39.2 Å². The number of benzene rings is 2. The Balaban J connectivity index is 1.76. The monoisotopic (exact) mass is 443 g/mol. The third kappa shape index (κ3) is 4.72. The fourth-order valence-corrected chi connectivity index (χ4v) is 2.67. The third-order valence-corrected chi connectivity index (χ3v) is 4.23. The van der Waals surface area contributed by atoms with Gasteiger partial charge in [0.15, 0.2) is 0 Å². The van der Waals surface area contributed by atoms with E-state index in [1.807, 2.05) is 0 Å². The molecule has 0 saturated carbocycles. The summed E-state index contributed by atoms with van der Waals surface area (Å²) in [6.07, 6.45) is 1.57. The zero-order chi connectivity index (χ0) is 20.1. The number of halogens is 2. The Bertz CT molecular complexity index is 1030. The second-order valence-electron chi connectivity index (χ2n) is 5.70. The second-order valence-corrected chi connectivity index (χ2v) is 6.61. The maximum Gasteiger partial charge on any atom is 0.259 e. The van der Waals surface area contributed by atoms with E-state index in [2.05, 4.69) is 31.5 Å². The summed E-state index contributed by atoms with van der Waals surface area (Å²) >= 11 is 3.28. The molecule has 0 saturated heterocycles. The summed E-state index contributed by atoms with van der Waals surface area (Å²) in [7, 11) is 1.39. The number of pyridine rings is 1. The molecule has 0 aliphatic heterocycles. The minimum Gasteiger partial charge on any atom is -0.496 e. The molecular weight excluding hydrogens is 429 g/mol. The largest absolute Gasteiger partial charge is 0.496 e. The summed E-state index contributed by atoms with van der Waals surface area (Å²) in [5.74, 6) is -0.847. The molecule has 0 bridgehead atoms. The van der Waals surface area contributed by atoms with Crippen LogP contribution in [0.5, 0.6) is 5.75 Å². The highest BCUT2D eigenvalue weighted by atomic mass is 79.9. The number of methoxy groups -OCH3 is 1. The first kappa shape index (κ1) is 19.5. The lowest BCUT2D eigenvalue weighted by molar-refractivity contribution is 0.101. The molecule has 0 atom stereocenters. The first-order chi connectivity index (χ1) is 13.5. The van der Waals surface area contributed by atoms with Crippen LogP contribution in [0.25, 0.3) is 0 Å². The Labute approximate surface area is 168 Å². The van der Waals surface area contributed by atoms with Crippen molar-refractivity contribution in [1.82, 2.24) is 4.98 Å². The molecule has 3 aromatic rings. The van der Waals surface area contributed by atoms with Gasteiger partial charge in [-0.2, -0.15) is 0 Å². The van der Waals surface area contributed by atoms with Crippen LogP contribution in [0, 0.1) is 5.82 Å². The van der Waals surface area contributed by atoms with E-state index in [-0.39, 0.29) is 17.2 Å². The van der Waals surface area contributed by atoms with Crippen LogP contribution in [0.2, 0.25) is 0 Å². The molecule has 0 fully saturated rings. The zero-order valence-electron chi connectivity index (χ0n) is 14.7. The molecule has 3 rings (SSSR count). The summed E-state index contributed by atoms with van der Waals surface area (Å²) in [5, 5.41) is 5.31. The first-order valence-electron chi connectivity index (χ1n) is 8.14. The number of hydrogen-bond donors (Lipinski definition) is 2. The fraction of sp³-hybridized carbons (Fsp3) is 0.0500. The Morgan fingerprint density at radius 2 is 1.86 bits per heavy atom. The van der Waals surface area contributed by atoms with Gasteiger partial charge < -0.3 is 15.4 Å². The Morgan fingerprint density at radius 1 is 1.04 bits per heavy atom. The number of carbonyl (C=O) groups is 2. The van der Waals surface area contributed by atoms with Gasteiger partial charge in [-0.1, -0.05) is 6.07 Å². The quantitative estimate of drug-likeness (QED) is 0.608. The maximum absolute atomic E-state index is 13.5. The summed E-state index contributed by atoms with van der Waals surface area (Å²) in [6, 6.07) is 13.4.